The first kappa shape index (κ1) is 11.5. The molecule has 1 fully saturated rings. The van der Waals surface area contributed by atoms with E-state index in [0.29, 0.717) is 0 Å². The Labute approximate surface area is 92.3 Å². The lowest BCUT2D eigenvalue weighted by molar-refractivity contribution is 0.283. The molecule has 1 saturated heterocycles. The minimum Gasteiger partial charge on any atom is -0.308 e. The zero-order chi connectivity index (χ0) is 9.15. The molecule has 0 aliphatic carbocycles. The van der Waals surface area contributed by atoms with Crippen molar-refractivity contribution in [3.8, 4) is 0 Å². The number of piperidine rings is 1. The van der Waals surface area contributed by atoms with Gasteiger partial charge in [0.1, 0.15) is 0 Å². The Morgan fingerprint density at radius 1 is 1.14 bits per heavy atom. The molecular formula is C12H18ClN. The van der Waals surface area contributed by atoms with Gasteiger partial charge in [-0.05, 0) is 31.9 Å². The van der Waals surface area contributed by atoms with Gasteiger partial charge in [-0.1, -0.05) is 36.8 Å². The molecule has 0 radical (unpaired) electrons. The number of benzene rings is 1. The van der Waals surface area contributed by atoms with Crippen LogP contribution in [0, 0.1) is 0 Å². The SMILES string of the molecule is C[C@]1(c2ccccc2)CCCCN1.Cl. The summed E-state index contributed by atoms with van der Waals surface area (Å²) >= 11 is 0. The molecule has 1 aliphatic heterocycles. The first-order valence-electron chi connectivity index (χ1n) is 5.12. The molecule has 1 atom stereocenters. The molecule has 1 aromatic carbocycles. The van der Waals surface area contributed by atoms with Gasteiger partial charge in [-0.3, -0.25) is 0 Å². The van der Waals surface area contributed by atoms with Crippen LogP contribution in [0.25, 0.3) is 0 Å². The maximum atomic E-state index is 3.61. The highest BCUT2D eigenvalue weighted by molar-refractivity contribution is 5.85. The van der Waals surface area contributed by atoms with Crippen LogP contribution in [0.5, 0.6) is 0 Å². The summed E-state index contributed by atoms with van der Waals surface area (Å²) in [5.41, 5.74) is 1.65. The molecule has 0 bridgehead atoms. The van der Waals surface area contributed by atoms with E-state index < -0.39 is 0 Å². The molecule has 0 aromatic heterocycles. The van der Waals surface area contributed by atoms with Gasteiger partial charge in [0.25, 0.3) is 0 Å². The summed E-state index contributed by atoms with van der Waals surface area (Å²) in [6.45, 7) is 3.47. The van der Waals surface area contributed by atoms with E-state index in [1.54, 1.807) is 0 Å². The highest BCUT2D eigenvalue weighted by Crippen LogP contribution is 2.29. The highest BCUT2D eigenvalue weighted by Gasteiger charge is 2.27. The van der Waals surface area contributed by atoms with Crippen LogP contribution in [0.15, 0.2) is 30.3 Å². The lowest BCUT2D eigenvalue weighted by Crippen LogP contribution is -2.43. The van der Waals surface area contributed by atoms with Crippen LogP contribution in [0.3, 0.4) is 0 Å². The molecule has 14 heavy (non-hydrogen) atoms. The summed E-state index contributed by atoms with van der Waals surface area (Å²) in [7, 11) is 0. The number of hydrogen-bond donors (Lipinski definition) is 1. The van der Waals surface area contributed by atoms with Crippen molar-refractivity contribution in [3.05, 3.63) is 35.9 Å². The molecule has 2 rings (SSSR count). The van der Waals surface area contributed by atoms with Gasteiger partial charge in [0.15, 0.2) is 0 Å². The van der Waals surface area contributed by atoms with Gasteiger partial charge in [0, 0.05) is 5.54 Å². The molecular weight excluding hydrogens is 194 g/mol. The van der Waals surface area contributed by atoms with Crippen LogP contribution >= 0.6 is 12.4 Å². The summed E-state index contributed by atoms with van der Waals surface area (Å²) in [5, 5.41) is 3.61. The third-order valence-corrected chi connectivity index (χ3v) is 3.03. The molecule has 1 heterocycles. The van der Waals surface area contributed by atoms with Crippen LogP contribution in [0.2, 0.25) is 0 Å². The Hall–Kier alpha value is -0.530. The van der Waals surface area contributed by atoms with Crippen molar-refractivity contribution in [1.29, 1.82) is 0 Å². The predicted molar refractivity (Wildman–Crippen MR) is 62.9 cm³/mol. The van der Waals surface area contributed by atoms with Crippen LogP contribution in [0.1, 0.15) is 31.7 Å². The average molecular weight is 212 g/mol. The lowest BCUT2D eigenvalue weighted by atomic mass is 9.84. The topological polar surface area (TPSA) is 12.0 Å². The zero-order valence-corrected chi connectivity index (χ0v) is 9.44. The van der Waals surface area contributed by atoms with E-state index in [2.05, 4.69) is 42.6 Å². The number of hydrogen-bond acceptors (Lipinski definition) is 1. The minimum atomic E-state index is 0. The van der Waals surface area contributed by atoms with Crippen LogP contribution < -0.4 is 5.32 Å². The van der Waals surface area contributed by atoms with Gasteiger partial charge in [-0.15, -0.1) is 12.4 Å². The quantitative estimate of drug-likeness (QED) is 0.753. The summed E-state index contributed by atoms with van der Waals surface area (Å²) < 4.78 is 0. The molecule has 1 aliphatic rings. The lowest BCUT2D eigenvalue weighted by Gasteiger charge is -2.35. The third kappa shape index (κ3) is 2.28. The van der Waals surface area contributed by atoms with Gasteiger partial charge in [-0.25, -0.2) is 0 Å². The van der Waals surface area contributed by atoms with Crippen molar-refractivity contribution in [1.82, 2.24) is 5.32 Å². The Balaban J connectivity index is 0.000000980. The van der Waals surface area contributed by atoms with Gasteiger partial charge < -0.3 is 5.32 Å². The monoisotopic (exact) mass is 211 g/mol. The zero-order valence-electron chi connectivity index (χ0n) is 8.62. The molecule has 0 saturated carbocycles. The largest absolute Gasteiger partial charge is 0.308 e. The first-order chi connectivity index (χ1) is 6.31. The number of rotatable bonds is 1. The van der Waals surface area contributed by atoms with Crippen LogP contribution in [-0.2, 0) is 5.54 Å². The molecule has 2 heteroatoms. The molecule has 0 amide bonds. The van der Waals surface area contributed by atoms with Crippen molar-refractivity contribution in [2.75, 3.05) is 6.54 Å². The molecule has 1 nitrogen and oxygen atoms in total. The van der Waals surface area contributed by atoms with Gasteiger partial charge in [0.05, 0.1) is 0 Å². The number of nitrogens with one attached hydrogen (secondary N) is 1. The van der Waals surface area contributed by atoms with E-state index >= 15 is 0 Å². The van der Waals surface area contributed by atoms with Gasteiger partial charge >= 0.3 is 0 Å². The second-order valence-corrected chi connectivity index (χ2v) is 4.08. The summed E-state index contributed by atoms with van der Waals surface area (Å²) in [6, 6.07) is 10.8. The smallest absolute Gasteiger partial charge is 0.0406 e. The summed E-state index contributed by atoms with van der Waals surface area (Å²) in [6.07, 6.45) is 3.93. The molecule has 0 spiro atoms. The summed E-state index contributed by atoms with van der Waals surface area (Å²) in [5.74, 6) is 0. The fourth-order valence-electron chi connectivity index (χ4n) is 2.11. The Kier molecular flexibility index (Phi) is 3.97. The predicted octanol–water partition coefficient (Wildman–Crippen LogP) is 3.10. The van der Waals surface area contributed by atoms with E-state index in [1.807, 2.05) is 0 Å². The van der Waals surface area contributed by atoms with E-state index in [9.17, 15) is 0 Å². The first-order valence-corrected chi connectivity index (χ1v) is 5.12. The van der Waals surface area contributed by atoms with Crippen molar-refractivity contribution >= 4 is 12.4 Å². The fourth-order valence-corrected chi connectivity index (χ4v) is 2.11. The maximum Gasteiger partial charge on any atom is 0.0406 e. The Morgan fingerprint density at radius 2 is 1.86 bits per heavy atom. The second-order valence-electron chi connectivity index (χ2n) is 4.08. The highest BCUT2D eigenvalue weighted by atomic mass is 35.5. The summed E-state index contributed by atoms with van der Waals surface area (Å²) in [4.78, 5) is 0. The Bertz CT molecular complexity index is 265. The van der Waals surface area contributed by atoms with E-state index in [4.69, 9.17) is 0 Å². The fraction of sp³-hybridized carbons (Fsp3) is 0.500. The van der Waals surface area contributed by atoms with Gasteiger partial charge in [-0.2, -0.15) is 0 Å². The van der Waals surface area contributed by atoms with Crippen molar-refractivity contribution in [2.24, 2.45) is 0 Å². The Morgan fingerprint density at radius 3 is 2.43 bits per heavy atom. The normalized spacial score (nSPS) is 26.6. The van der Waals surface area contributed by atoms with Crippen molar-refractivity contribution in [2.45, 2.75) is 31.7 Å². The van der Waals surface area contributed by atoms with Crippen molar-refractivity contribution in [3.63, 3.8) is 0 Å². The molecule has 0 unspecified atom stereocenters. The van der Waals surface area contributed by atoms with E-state index in [-0.39, 0.29) is 17.9 Å². The standard InChI is InChI=1S/C12H17N.ClH/c1-12(9-5-6-10-13-12)11-7-3-2-4-8-11;/h2-4,7-8,13H,5-6,9-10H2,1H3;1H/t12-;/m1./s1. The number of halogens is 1. The van der Waals surface area contributed by atoms with Crippen LogP contribution in [0.4, 0.5) is 0 Å². The van der Waals surface area contributed by atoms with Gasteiger partial charge in [0.2, 0.25) is 0 Å². The van der Waals surface area contributed by atoms with E-state index in [1.165, 1.54) is 24.8 Å². The maximum absolute atomic E-state index is 3.61. The molecule has 78 valence electrons. The average Bonchev–Trinajstić information content (AvgIpc) is 2.20. The van der Waals surface area contributed by atoms with E-state index in [0.717, 1.165) is 6.54 Å². The minimum absolute atomic E-state index is 0. The van der Waals surface area contributed by atoms with Crippen LogP contribution in [-0.4, -0.2) is 6.54 Å². The molecule has 1 aromatic rings. The van der Waals surface area contributed by atoms with Crippen molar-refractivity contribution < 1.29 is 0 Å². The second kappa shape index (κ2) is 4.81. The third-order valence-electron chi connectivity index (χ3n) is 3.03. The molecule has 1 N–H and O–H groups in total.